The summed E-state index contributed by atoms with van der Waals surface area (Å²) >= 11 is 0. The Morgan fingerprint density at radius 3 is 1.33 bits per heavy atom. The zero-order valence-corrected chi connectivity index (χ0v) is 39.7. The maximum atomic E-state index is 12.5. The third-order valence-corrected chi connectivity index (χ3v) is 13.6. The third kappa shape index (κ3) is 12.5. The Bertz CT molecular complexity index is 2150. The fourth-order valence-corrected chi connectivity index (χ4v) is 10.9. The molecule has 6 unspecified atom stereocenters. The van der Waals surface area contributed by atoms with E-state index in [1.807, 2.05) is 51.3 Å². The Labute approximate surface area is 387 Å². The van der Waals surface area contributed by atoms with Crippen molar-refractivity contribution in [3.8, 4) is 0 Å². The Balaban J connectivity index is 0.000000148. The summed E-state index contributed by atoms with van der Waals surface area (Å²) in [6.45, 7) is 12.8. The van der Waals surface area contributed by atoms with Crippen LogP contribution >= 0.6 is 12.4 Å². The second kappa shape index (κ2) is 20.7. The Morgan fingerprint density at radius 2 is 0.922 bits per heavy atom. The lowest BCUT2D eigenvalue weighted by Crippen LogP contribution is -2.50. The number of fused-ring (bicyclic) bond motifs is 8. The summed E-state index contributed by atoms with van der Waals surface area (Å²) in [6, 6.07) is 32.3. The molecular formula is C53H72ClN3O7. The Morgan fingerprint density at radius 1 is 0.547 bits per heavy atom. The summed E-state index contributed by atoms with van der Waals surface area (Å²) in [5.41, 5.74) is 1.61. The topological polar surface area (TPSA) is 110 Å². The summed E-state index contributed by atoms with van der Waals surface area (Å²) in [6.07, 6.45) is 12.4. The van der Waals surface area contributed by atoms with Gasteiger partial charge >= 0.3 is 12.2 Å². The van der Waals surface area contributed by atoms with Crippen LogP contribution in [0.5, 0.6) is 0 Å². The molecule has 6 saturated heterocycles. The van der Waals surface area contributed by atoms with E-state index >= 15 is 0 Å². The minimum absolute atomic E-state index is 0. The number of nitrogens with zero attached hydrogens (tertiary/aromatic N) is 2. The molecule has 11 heteroatoms. The van der Waals surface area contributed by atoms with Gasteiger partial charge in [-0.25, -0.2) is 9.59 Å². The molecule has 10 nitrogen and oxygen atoms in total. The second-order valence-electron chi connectivity index (χ2n) is 21.0. The van der Waals surface area contributed by atoms with Crippen LogP contribution < -0.4 is 5.32 Å². The van der Waals surface area contributed by atoms with Crippen molar-refractivity contribution in [2.45, 2.75) is 198 Å². The molecule has 6 heterocycles. The van der Waals surface area contributed by atoms with Crippen molar-refractivity contribution in [2.75, 3.05) is 0 Å². The summed E-state index contributed by atoms with van der Waals surface area (Å²) in [4.78, 5) is 28.4. The highest BCUT2D eigenvalue weighted by Gasteiger charge is 2.46. The van der Waals surface area contributed by atoms with Crippen LogP contribution in [0.2, 0.25) is 0 Å². The summed E-state index contributed by atoms with van der Waals surface area (Å²) in [5.74, 6) is 0. The van der Waals surface area contributed by atoms with Gasteiger partial charge in [0.25, 0.3) is 0 Å². The molecule has 64 heavy (non-hydrogen) atoms. The van der Waals surface area contributed by atoms with Crippen molar-refractivity contribution >= 4 is 46.1 Å². The summed E-state index contributed by atoms with van der Waals surface area (Å²) in [7, 11) is 0. The number of aliphatic hydroxyl groups is 1. The minimum Gasteiger partial charge on any atom is -0.444 e. The second-order valence-corrected chi connectivity index (χ2v) is 21.0. The largest absolute Gasteiger partial charge is 0.444 e. The van der Waals surface area contributed by atoms with E-state index in [2.05, 4.69) is 90.2 Å². The number of halogens is 1. The van der Waals surface area contributed by atoms with Gasteiger partial charge < -0.3 is 39.2 Å². The molecule has 0 saturated carbocycles. The first-order valence-corrected chi connectivity index (χ1v) is 23.8. The van der Waals surface area contributed by atoms with Crippen LogP contribution in [0.25, 0.3) is 21.5 Å². The van der Waals surface area contributed by atoms with Crippen molar-refractivity contribution in [3.63, 3.8) is 0 Å². The average molecular weight is 899 g/mol. The van der Waals surface area contributed by atoms with Crippen LogP contribution in [0.15, 0.2) is 84.9 Å². The minimum atomic E-state index is -0.444. The van der Waals surface area contributed by atoms with Crippen molar-refractivity contribution in [1.29, 1.82) is 0 Å². The lowest BCUT2D eigenvalue weighted by Gasteiger charge is -2.39. The molecule has 6 bridgehead atoms. The number of carbonyl (C=O) groups is 2. The normalized spacial score (nSPS) is 28.1. The predicted molar refractivity (Wildman–Crippen MR) is 256 cm³/mol. The predicted octanol–water partition coefficient (Wildman–Crippen LogP) is 11.3. The molecule has 0 spiro atoms. The van der Waals surface area contributed by atoms with Crippen molar-refractivity contribution < 1.29 is 33.6 Å². The van der Waals surface area contributed by atoms with E-state index in [1.54, 1.807) is 0 Å². The van der Waals surface area contributed by atoms with Gasteiger partial charge in [0.15, 0.2) is 0 Å². The molecule has 6 aliphatic heterocycles. The van der Waals surface area contributed by atoms with Crippen LogP contribution in [-0.4, -0.2) is 92.9 Å². The molecule has 10 rings (SSSR count). The number of hydrogen-bond donors (Lipinski definition) is 2. The number of carbonyl (C=O) groups excluding carboxylic acids is 2. The zero-order chi connectivity index (χ0) is 44.3. The number of amides is 2. The maximum absolute atomic E-state index is 12.5. The molecule has 0 radical (unpaired) electrons. The van der Waals surface area contributed by atoms with E-state index < -0.39 is 11.2 Å². The van der Waals surface area contributed by atoms with Gasteiger partial charge in [-0.15, -0.1) is 12.4 Å². The van der Waals surface area contributed by atoms with E-state index in [1.165, 1.54) is 58.4 Å². The lowest BCUT2D eigenvalue weighted by molar-refractivity contribution is -0.0397. The lowest BCUT2D eigenvalue weighted by atomic mass is 10.00. The molecule has 0 aliphatic carbocycles. The maximum Gasteiger partial charge on any atom is 0.410 e. The van der Waals surface area contributed by atoms with Crippen LogP contribution in [0.3, 0.4) is 0 Å². The highest BCUT2D eigenvalue weighted by Crippen LogP contribution is 2.39. The van der Waals surface area contributed by atoms with Gasteiger partial charge in [0.2, 0.25) is 0 Å². The first-order valence-electron chi connectivity index (χ1n) is 23.8. The van der Waals surface area contributed by atoms with Gasteiger partial charge in [-0.2, -0.15) is 0 Å². The van der Waals surface area contributed by atoms with Crippen LogP contribution in [0, 0.1) is 0 Å². The zero-order valence-electron chi connectivity index (χ0n) is 38.9. The van der Waals surface area contributed by atoms with E-state index in [9.17, 15) is 14.7 Å². The first kappa shape index (κ1) is 48.0. The highest BCUT2D eigenvalue weighted by molar-refractivity contribution is 5.85. The number of benzene rings is 4. The fourth-order valence-electron chi connectivity index (χ4n) is 10.9. The number of nitrogens with one attached hydrogen (secondary N) is 1. The molecule has 4 aromatic rings. The van der Waals surface area contributed by atoms with Gasteiger partial charge in [0.05, 0.1) is 31.5 Å². The molecule has 4 aromatic carbocycles. The Kier molecular flexibility index (Phi) is 15.5. The average Bonchev–Trinajstić information content (AvgIpc) is 3.83. The monoisotopic (exact) mass is 898 g/mol. The van der Waals surface area contributed by atoms with Gasteiger partial charge in [0.1, 0.15) is 11.2 Å². The standard InChI is InChI=1S/C23H29NO3.C18H21NO.C12H21NO3.ClH/c1-23(2,3)27-22(25)24-19-10-11-20(24)14-21(13-19)26-15-16-8-9-17-6-4-5-7-18(17)12-16;1-2-4-15-9-13(5-6-14(15)3-1)12-20-18-10-16-7-8-17(11-18)19-16;1-12(2,3)16-11(15)13-8-4-5-9(13)7-10(14)6-8;/h4-9,12,19-21H,10-11,13-15H2,1-3H3;1-6,9,16-19H,7-8,10-12H2;8-10,14H,4-7H2,1-3H3;1H. The third-order valence-electron chi connectivity index (χ3n) is 13.6. The molecule has 0 aromatic heterocycles. The van der Waals surface area contributed by atoms with Crippen molar-refractivity contribution in [1.82, 2.24) is 15.1 Å². The fraction of sp³-hybridized carbons (Fsp3) is 0.585. The van der Waals surface area contributed by atoms with Gasteiger partial charge in [-0.1, -0.05) is 72.8 Å². The molecule has 348 valence electrons. The highest BCUT2D eigenvalue weighted by atomic mass is 35.5. The van der Waals surface area contributed by atoms with E-state index in [-0.39, 0.29) is 61.0 Å². The SMILES string of the molecule is CC(C)(C)OC(=O)N1C2CCC1CC(O)C2.CC(C)(C)OC(=O)N1C2CCC1CC(OCc1ccc3ccccc3c1)C2.Cl.c1ccc2cc(COC3CC4CCC(C3)N4)ccc2c1. The van der Waals surface area contributed by atoms with Crippen LogP contribution in [0.4, 0.5) is 9.59 Å². The molecular weight excluding hydrogens is 826 g/mol. The summed E-state index contributed by atoms with van der Waals surface area (Å²) in [5, 5.41) is 18.4. The number of piperidine rings is 3. The van der Waals surface area contributed by atoms with Gasteiger partial charge in [-0.3, -0.25) is 0 Å². The summed E-state index contributed by atoms with van der Waals surface area (Å²) < 4.78 is 23.4. The molecule has 2 N–H and O–H groups in total. The molecule has 2 amide bonds. The van der Waals surface area contributed by atoms with Crippen molar-refractivity contribution in [3.05, 3.63) is 96.1 Å². The number of ether oxygens (including phenoxy) is 4. The molecule has 6 atom stereocenters. The molecule has 6 fully saturated rings. The van der Waals surface area contributed by atoms with E-state index in [4.69, 9.17) is 18.9 Å². The van der Waals surface area contributed by atoms with Crippen LogP contribution in [-0.2, 0) is 32.2 Å². The first-order chi connectivity index (χ1) is 30.1. The van der Waals surface area contributed by atoms with Gasteiger partial charge in [0, 0.05) is 36.3 Å². The van der Waals surface area contributed by atoms with E-state index in [0.29, 0.717) is 37.6 Å². The van der Waals surface area contributed by atoms with Crippen molar-refractivity contribution in [2.24, 2.45) is 0 Å². The number of rotatable bonds is 6. The number of hydrogen-bond acceptors (Lipinski definition) is 8. The van der Waals surface area contributed by atoms with Gasteiger partial charge in [-0.05, 0) is 163 Å². The van der Waals surface area contributed by atoms with E-state index in [0.717, 1.165) is 45.1 Å². The Hall–Kier alpha value is -3.93. The quantitative estimate of drug-likeness (QED) is 0.197. The smallest absolute Gasteiger partial charge is 0.410 e. The number of aliphatic hydroxyl groups excluding tert-OH is 1. The molecule has 6 aliphatic rings. The van der Waals surface area contributed by atoms with Crippen LogP contribution in [0.1, 0.15) is 130 Å².